The van der Waals surface area contributed by atoms with Gasteiger partial charge in [0.05, 0.1) is 11.1 Å². The highest BCUT2D eigenvalue weighted by molar-refractivity contribution is 6.30. The van der Waals surface area contributed by atoms with Crippen molar-refractivity contribution in [2.75, 3.05) is 6.54 Å². The summed E-state index contributed by atoms with van der Waals surface area (Å²) >= 11 is 5.61. The zero-order chi connectivity index (χ0) is 13.5. The molecule has 1 atom stereocenters. The Bertz CT molecular complexity index is 371. The van der Waals surface area contributed by atoms with Crippen LogP contribution in [0.5, 0.6) is 5.75 Å². The molecule has 0 aliphatic rings. The highest BCUT2D eigenvalue weighted by atomic mass is 35.5. The smallest absolute Gasteiger partial charge is 0.145 e. The molecule has 0 saturated carbocycles. The molecular formula is C14H21ClFNO. The first-order valence-corrected chi connectivity index (χ1v) is 6.72. The molecule has 0 aliphatic heterocycles. The number of benzene rings is 1. The molecule has 1 unspecified atom stereocenters. The van der Waals surface area contributed by atoms with Crippen molar-refractivity contribution in [3.05, 3.63) is 29.0 Å². The Hall–Kier alpha value is -0.800. The van der Waals surface area contributed by atoms with Gasteiger partial charge in [-0.25, -0.2) is 4.39 Å². The fraction of sp³-hybridized carbons (Fsp3) is 0.571. The first kappa shape index (κ1) is 15.3. The van der Waals surface area contributed by atoms with E-state index in [0.29, 0.717) is 11.8 Å². The second-order valence-corrected chi connectivity index (χ2v) is 5.16. The van der Waals surface area contributed by atoms with Crippen LogP contribution in [0.25, 0.3) is 0 Å². The quantitative estimate of drug-likeness (QED) is 0.758. The minimum absolute atomic E-state index is 0.0690. The molecule has 102 valence electrons. The molecule has 0 aliphatic carbocycles. The standard InChI is InChI=1S/C14H21ClFNO/c1-10(2)17-8-4-5-11(3)18-12-6-7-13(15)14(16)9-12/h6-7,9-11,17H,4-5,8H2,1-3H3. The Morgan fingerprint density at radius 3 is 2.67 bits per heavy atom. The van der Waals surface area contributed by atoms with Crippen LogP contribution in [0.2, 0.25) is 5.02 Å². The first-order valence-electron chi connectivity index (χ1n) is 6.34. The predicted molar refractivity (Wildman–Crippen MR) is 73.9 cm³/mol. The maximum absolute atomic E-state index is 13.2. The highest BCUT2D eigenvalue weighted by Crippen LogP contribution is 2.21. The lowest BCUT2D eigenvalue weighted by Crippen LogP contribution is -2.25. The molecule has 0 heterocycles. The lowest BCUT2D eigenvalue weighted by Gasteiger charge is -2.15. The average molecular weight is 274 g/mol. The molecule has 0 saturated heterocycles. The van der Waals surface area contributed by atoms with Crippen molar-refractivity contribution in [3.8, 4) is 5.75 Å². The van der Waals surface area contributed by atoms with Crippen molar-refractivity contribution in [1.82, 2.24) is 5.32 Å². The number of hydrogen-bond donors (Lipinski definition) is 1. The van der Waals surface area contributed by atoms with Gasteiger partial charge in [0.1, 0.15) is 11.6 Å². The van der Waals surface area contributed by atoms with E-state index in [1.165, 1.54) is 12.1 Å². The summed E-state index contributed by atoms with van der Waals surface area (Å²) in [5, 5.41) is 3.47. The summed E-state index contributed by atoms with van der Waals surface area (Å²) in [6, 6.07) is 5.03. The molecule has 1 N–H and O–H groups in total. The summed E-state index contributed by atoms with van der Waals surface area (Å²) < 4.78 is 18.8. The van der Waals surface area contributed by atoms with Gasteiger partial charge in [-0.05, 0) is 38.4 Å². The third kappa shape index (κ3) is 5.69. The van der Waals surface area contributed by atoms with E-state index in [0.717, 1.165) is 19.4 Å². The van der Waals surface area contributed by atoms with Crippen LogP contribution in [-0.4, -0.2) is 18.7 Å². The Balaban J connectivity index is 2.31. The van der Waals surface area contributed by atoms with Gasteiger partial charge in [-0.1, -0.05) is 25.4 Å². The van der Waals surface area contributed by atoms with Crippen molar-refractivity contribution in [1.29, 1.82) is 0 Å². The molecule has 4 heteroatoms. The monoisotopic (exact) mass is 273 g/mol. The van der Waals surface area contributed by atoms with Gasteiger partial charge in [-0.2, -0.15) is 0 Å². The van der Waals surface area contributed by atoms with Gasteiger partial charge in [0.15, 0.2) is 0 Å². The van der Waals surface area contributed by atoms with Crippen LogP contribution in [0, 0.1) is 5.82 Å². The summed E-state index contributed by atoms with van der Waals surface area (Å²) in [4.78, 5) is 0. The Morgan fingerprint density at radius 1 is 1.33 bits per heavy atom. The van der Waals surface area contributed by atoms with Gasteiger partial charge in [0.2, 0.25) is 0 Å². The van der Waals surface area contributed by atoms with Crippen molar-refractivity contribution in [2.24, 2.45) is 0 Å². The van der Waals surface area contributed by atoms with Gasteiger partial charge in [-0.3, -0.25) is 0 Å². The van der Waals surface area contributed by atoms with Crippen molar-refractivity contribution < 1.29 is 9.13 Å². The van der Waals surface area contributed by atoms with Crippen LogP contribution in [0.3, 0.4) is 0 Å². The number of rotatable bonds is 7. The van der Waals surface area contributed by atoms with Crippen LogP contribution < -0.4 is 10.1 Å². The zero-order valence-corrected chi connectivity index (χ0v) is 11.9. The second kappa shape index (κ2) is 7.59. The fourth-order valence-electron chi connectivity index (χ4n) is 1.62. The Kier molecular flexibility index (Phi) is 6.44. The Morgan fingerprint density at radius 2 is 2.06 bits per heavy atom. The highest BCUT2D eigenvalue weighted by Gasteiger charge is 2.06. The molecule has 0 aromatic heterocycles. The van der Waals surface area contributed by atoms with Crippen LogP contribution in [0.1, 0.15) is 33.6 Å². The number of halogens is 2. The number of nitrogens with one attached hydrogen (secondary N) is 1. The van der Waals surface area contributed by atoms with Gasteiger partial charge >= 0.3 is 0 Å². The predicted octanol–water partition coefficient (Wildman–Crippen LogP) is 4.02. The third-order valence-corrected chi connectivity index (χ3v) is 2.87. The molecule has 1 rings (SSSR count). The van der Waals surface area contributed by atoms with Gasteiger partial charge in [0, 0.05) is 12.1 Å². The van der Waals surface area contributed by atoms with E-state index in [1.807, 2.05) is 6.92 Å². The SMILES string of the molecule is CC(C)NCCCC(C)Oc1ccc(Cl)c(F)c1. The summed E-state index contributed by atoms with van der Waals surface area (Å²) in [6.45, 7) is 7.20. The maximum Gasteiger partial charge on any atom is 0.145 e. The summed E-state index contributed by atoms with van der Waals surface area (Å²) in [7, 11) is 0. The fourth-order valence-corrected chi connectivity index (χ4v) is 1.74. The molecule has 0 amide bonds. The summed E-state index contributed by atoms with van der Waals surface area (Å²) in [5.74, 6) is 0.0871. The van der Waals surface area contributed by atoms with E-state index < -0.39 is 5.82 Å². The van der Waals surface area contributed by atoms with Crippen molar-refractivity contribution in [2.45, 2.75) is 45.8 Å². The molecule has 0 bridgehead atoms. The normalized spacial score (nSPS) is 12.8. The third-order valence-electron chi connectivity index (χ3n) is 2.57. The largest absolute Gasteiger partial charge is 0.491 e. The molecule has 18 heavy (non-hydrogen) atoms. The molecule has 1 aromatic carbocycles. The molecule has 1 aromatic rings. The van der Waals surface area contributed by atoms with E-state index in [4.69, 9.17) is 16.3 Å². The lowest BCUT2D eigenvalue weighted by molar-refractivity contribution is 0.206. The van der Waals surface area contributed by atoms with E-state index in [-0.39, 0.29) is 11.1 Å². The molecular weight excluding hydrogens is 253 g/mol. The first-order chi connectivity index (χ1) is 8.49. The van der Waals surface area contributed by atoms with Crippen LogP contribution >= 0.6 is 11.6 Å². The van der Waals surface area contributed by atoms with Crippen LogP contribution in [-0.2, 0) is 0 Å². The van der Waals surface area contributed by atoms with Crippen molar-refractivity contribution >= 4 is 11.6 Å². The topological polar surface area (TPSA) is 21.3 Å². The van der Waals surface area contributed by atoms with E-state index in [9.17, 15) is 4.39 Å². The number of hydrogen-bond acceptors (Lipinski definition) is 2. The van der Waals surface area contributed by atoms with Gasteiger partial charge in [-0.15, -0.1) is 0 Å². The van der Waals surface area contributed by atoms with E-state index >= 15 is 0 Å². The van der Waals surface area contributed by atoms with Crippen molar-refractivity contribution in [3.63, 3.8) is 0 Å². The second-order valence-electron chi connectivity index (χ2n) is 4.76. The average Bonchev–Trinajstić information content (AvgIpc) is 2.29. The van der Waals surface area contributed by atoms with Crippen LogP contribution in [0.4, 0.5) is 4.39 Å². The maximum atomic E-state index is 13.2. The minimum atomic E-state index is -0.442. The zero-order valence-electron chi connectivity index (χ0n) is 11.2. The molecule has 0 spiro atoms. The molecule has 2 nitrogen and oxygen atoms in total. The molecule has 0 radical (unpaired) electrons. The summed E-state index contributed by atoms with van der Waals surface area (Å²) in [6.07, 6.45) is 2.04. The van der Waals surface area contributed by atoms with E-state index in [2.05, 4.69) is 19.2 Å². The Labute approximate surface area is 113 Å². The van der Waals surface area contributed by atoms with Gasteiger partial charge < -0.3 is 10.1 Å². The van der Waals surface area contributed by atoms with Gasteiger partial charge in [0.25, 0.3) is 0 Å². The van der Waals surface area contributed by atoms with Crippen LogP contribution in [0.15, 0.2) is 18.2 Å². The lowest BCUT2D eigenvalue weighted by atomic mass is 10.2. The molecule has 0 fully saturated rings. The van der Waals surface area contributed by atoms with E-state index in [1.54, 1.807) is 6.07 Å². The number of ether oxygens (including phenoxy) is 1. The minimum Gasteiger partial charge on any atom is -0.491 e. The summed E-state index contributed by atoms with van der Waals surface area (Å²) in [5.41, 5.74) is 0.